The molecule has 3 rings (SSSR count). The molecule has 112 valence electrons. The number of fused-ring (bicyclic) bond motifs is 1. The van der Waals surface area contributed by atoms with Gasteiger partial charge >= 0.3 is 0 Å². The largest absolute Gasteiger partial charge is 0.332 e. The predicted octanol–water partition coefficient (Wildman–Crippen LogP) is 4.00. The highest BCUT2D eigenvalue weighted by atomic mass is 32.1. The molecule has 0 amide bonds. The second kappa shape index (κ2) is 5.77. The van der Waals surface area contributed by atoms with E-state index in [2.05, 4.69) is 33.9 Å². The van der Waals surface area contributed by atoms with Gasteiger partial charge in [0.1, 0.15) is 0 Å². The highest BCUT2D eigenvalue weighted by Crippen LogP contribution is 2.24. The first kappa shape index (κ1) is 14.5. The van der Waals surface area contributed by atoms with Crippen molar-refractivity contribution >= 4 is 39.5 Å². The first-order valence-corrected chi connectivity index (χ1v) is 7.53. The topological polar surface area (TPSA) is 41.9 Å². The monoisotopic (exact) mass is 310 g/mol. The zero-order valence-corrected chi connectivity index (χ0v) is 13.7. The van der Waals surface area contributed by atoms with E-state index < -0.39 is 0 Å². The van der Waals surface area contributed by atoms with Crippen molar-refractivity contribution in [1.29, 1.82) is 0 Å². The third-order valence-electron chi connectivity index (χ3n) is 3.79. The van der Waals surface area contributed by atoms with Crippen molar-refractivity contribution in [2.75, 3.05) is 10.6 Å². The quantitative estimate of drug-likeness (QED) is 0.702. The van der Waals surface area contributed by atoms with Gasteiger partial charge in [0, 0.05) is 18.1 Å². The van der Waals surface area contributed by atoms with E-state index in [1.165, 1.54) is 5.39 Å². The van der Waals surface area contributed by atoms with E-state index in [1.54, 1.807) is 0 Å². The number of nitrogens with one attached hydrogen (secondary N) is 2. The molecule has 0 aliphatic heterocycles. The zero-order chi connectivity index (χ0) is 15.7. The third-order valence-corrected chi connectivity index (χ3v) is 3.99. The average Bonchev–Trinajstić information content (AvgIpc) is 2.74. The van der Waals surface area contributed by atoms with Gasteiger partial charge in [-0.25, -0.2) is 0 Å². The highest BCUT2D eigenvalue weighted by molar-refractivity contribution is 7.80. The molecule has 2 N–H and O–H groups in total. The van der Waals surface area contributed by atoms with Crippen LogP contribution in [0.3, 0.4) is 0 Å². The van der Waals surface area contributed by atoms with Crippen LogP contribution in [-0.4, -0.2) is 14.9 Å². The number of anilines is 2. The van der Waals surface area contributed by atoms with E-state index in [0.29, 0.717) is 5.11 Å². The molecule has 4 nitrogen and oxygen atoms in total. The van der Waals surface area contributed by atoms with Crippen LogP contribution in [-0.2, 0) is 7.05 Å². The highest BCUT2D eigenvalue weighted by Gasteiger charge is 2.11. The lowest BCUT2D eigenvalue weighted by Gasteiger charge is -2.13. The number of thiocarbonyl (C=S) groups is 1. The van der Waals surface area contributed by atoms with E-state index in [4.69, 9.17) is 12.2 Å². The second-order valence-corrected chi connectivity index (χ2v) is 5.68. The molecule has 3 aromatic rings. The number of aryl methyl sites for hydroxylation is 2. The summed E-state index contributed by atoms with van der Waals surface area (Å²) < 4.78 is 1.85. The summed E-state index contributed by atoms with van der Waals surface area (Å²) in [5.74, 6) is 0. The number of hydrogen-bond donors (Lipinski definition) is 2. The predicted molar refractivity (Wildman–Crippen MR) is 96.5 cm³/mol. The lowest BCUT2D eigenvalue weighted by atomic mass is 10.1. The maximum Gasteiger partial charge on any atom is 0.175 e. The molecule has 0 bridgehead atoms. The number of rotatable bonds is 2. The molecule has 0 saturated heterocycles. The van der Waals surface area contributed by atoms with E-state index in [9.17, 15) is 0 Å². The Labute approximate surface area is 135 Å². The van der Waals surface area contributed by atoms with Crippen molar-refractivity contribution in [3.63, 3.8) is 0 Å². The normalized spacial score (nSPS) is 10.7. The minimum absolute atomic E-state index is 0.565. The van der Waals surface area contributed by atoms with Crippen molar-refractivity contribution in [3.8, 4) is 0 Å². The van der Waals surface area contributed by atoms with Gasteiger partial charge in [0.15, 0.2) is 5.11 Å². The fourth-order valence-electron chi connectivity index (χ4n) is 2.56. The standard InChI is InChI=1S/C17H18N4S/c1-11-16(12(2)21(3)20-11)19-17(22)18-15-10-6-8-13-7-4-5-9-14(13)15/h4-10H,1-3H3,(H2,18,19,22). The Kier molecular flexibility index (Phi) is 3.81. The van der Waals surface area contributed by atoms with Crippen molar-refractivity contribution < 1.29 is 0 Å². The molecule has 0 aliphatic carbocycles. The first-order chi connectivity index (χ1) is 10.6. The summed E-state index contributed by atoms with van der Waals surface area (Å²) in [6.07, 6.45) is 0. The van der Waals surface area contributed by atoms with Crippen molar-refractivity contribution in [3.05, 3.63) is 53.9 Å². The fourth-order valence-corrected chi connectivity index (χ4v) is 2.77. The van der Waals surface area contributed by atoms with Crippen molar-refractivity contribution in [2.24, 2.45) is 7.05 Å². The van der Waals surface area contributed by atoms with E-state index in [0.717, 1.165) is 28.1 Å². The number of benzene rings is 2. The Morgan fingerprint density at radius 3 is 2.50 bits per heavy atom. The van der Waals surface area contributed by atoms with Gasteiger partial charge in [0.2, 0.25) is 0 Å². The van der Waals surface area contributed by atoms with Crippen LogP contribution in [0.15, 0.2) is 42.5 Å². The van der Waals surface area contributed by atoms with Crippen LogP contribution in [0, 0.1) is 13.8 Å². The Bertz CT molecular complexity index is 846. The Morgan fingerprint density at radius 2 is 1.77 bits per heavy atom. The molecule has 2 aromatic carbocycles. The molecular formula is C17H18N4S. The van der Waals surface area contributed by atoms with Gasteiger partial charge in [-0.05, 0) is 37.5 Å². The van der Waals surface area contributed by atoms with Crippen LogP contribution >= 0.6 is 12.2 Å². The summed E-state index contributed by atoms with van der Waals surface area (Å²) >= 11 is 5.45. The molecule has 0 atom stereocenters. The number of aromatic nitrogens is 2. The first-order valence-electron chi connectivity index (χ1n) is 7.12. The van der Waals surface area contributed by atoms with Gasteiger partial charge in [-0.3, -0.25) is 4.68 Å². The van der Waals surface area contributed by atoms with Crippen LogP contribution in [0.25, 0.3) is 10.8 Å². The molecule has 1 heterocycles. The van der Waals surface area contributed by atoms with E-state index in [-0.39, 0.29) is 0 Å². The van der Waals surface area contributed by atoms with Gasteiger partial charge in [0.25, 0.3) is 0 Å². The van der Waals surface area contributed by atoms with E-state index in [1.807, 2.05) is 49.8 Å². The number of hydrogen-bond acceptors (Lipinski definition) is 2. The maximum absolute atomic E-state index is 5.45. The Balaban J connectivity index is 1.85. The molecule has 0 saturated carbocycles. The molecule has 0 spiro atoms. The maximum atomic E-state index is 5.45. The van der Waals surface area contributed by atoms with Gasteiger partial charge in [-0.15, -0.1) is 0 Å². The SMILES string of the molecule is Cc1nn(C)c(C)c1NC(=S)Nc1cccc2ccccc12. The van der Waals surface area contributed by atoms with Crippen LogP contribution < -0.4 is 10.6 Å². The smallest absolute Gasteiger partial charge is 0.175 e. The molecule has 0 fully saturated rings. The summed E-state index contributed by atoms with van der Waals surface area (Å²) in [6, 6.07) is 14.4. The molecule has 1 aromatic heterocycles. The number of nitrogens with zero attached hydrogens (tertiary/aromatic N) is 2. The molecule has 22 heavy (non-hydrogen) atoms. The Hall–Kier alpha value is -2.40. The van der Waals surface area contributed by atoms with Gasteiger partial charge in [-0.2, -0.15) is 5.10 Å². The lowest BCUT2D eigenvalue weighted by molar-refractivity contribution is 0.731. The van der Waals surface area contributed by atoms with Crippen molar-refractivity contribution in [1.82, 2.24) is 9.78 Å². The van der Waals surface area contributed by atoms with Gasteiger partial charge in [0.05, 0.1) is 17.1 Å². The average molecular weight is 310 g/mol. The molecule has 0 unspecified atom stereocenters. The van der Waals surface area contributed by atoms with Gasteiger partial charge in [-0.1, -0.05) is 36.4 Å². The summed E-state index contributed by atoms with van der Waals surface area (Å²) in [7, 11) is 1.93. The second-order valence-electron chi connectivity index (χ2n) is 5.28. The van der Waals surface area contributed by atoms with Crippen LogP contribution in [0.1, 0.15) is 11.4 Å². The summed E-state index contributed by atoms with van der Waals surface area (Å²) in [6.45, 7) is 3.98. The molecule has 5 heteroatoms. The molecular weight excluding hydrogens is 292 g/mol. The van der Waals surface area contributed by atoms with E-state index >= 15 is 0 Å². The summed E-state index contributed by atoms with van der Waals surface area (Å²) in [4.78, 5) is 0. The summed E-state index contributed by atoms with van der Waals surface area (Å²) in [5.41, 5.74) is 3.94. The lowest BCUT2D eigenvalue weighted by Crippen LogP contribution is -2.20. The fraction of sp³-hybridized carbons (Fsp3) is 0.176. The minimum atomic E-state index is 0.565. The van der Waals surface area contributed by atoms with Crippen LogP contribution in [0.4, 0.5) is 11.4 Å². The Morgan fingerprint density at radius 1 is 1.05 bits per heavy atom. The van der Waals surface area contributed by atoms with Gasteiger partial charge < -0.3 is 10.6 Å². The summed E-state index contributed by atoms with van der Waals surface area (Å²) in [5, 5.41) is 13.8. The third kappa shape index (κ3) is 2.67. The molecule has 0 aliphatic rings. The van der Waals surface area contributed by atoms with Crippen LogP contribution in [0.2, 0.25) is 0 Å². The molecule has 0 radical (unpaired) electrons. The van der Waals surface area contributed by atoms with Crippen LogP contribution in [0.5, 0.6) is 0 Å². The van der Waals surface area contributed by atoms with Crippen molar-refractivity contribution in [2.45, 2.75) is 13.8 Å². The minimum Gasteiger partial charge on any atom is -0.332 e. The zero-order valence-electron chi connectivity index (χ0n) is 12.8.